The van der Waals surface area contributed by atoms with Crippen molar-refractivity contribution in [3.63, 3.8) is 0 Å². The molecule has 0 fully saturated rings. The number of rotatable bonds is 4. The number of para-hydroxylation sites is 2. The first-order valence-corrected chi connectivity index (χ1v) is 6.80. The molecule has 0 aliphatic carbocycles. The number of aromatic nitrogens is 2. The molecule has 100 valence electrons. The van der Waals surface area contributed by atoms with Gasteiger partial charge >= 0.3 is 0 Å². The number of benzene rings is 2. The van der Waals surface area contributed by atoms with Gasteiger partial charge in [0.1, 0.15) is 12.1 Å². The van der Waals surface area contributed by atoms with E-state index in [0.29, 0.717) is 5.56 Å². The van der Waals surface area contributed by atoms with Gasteiger partial charge in [-0.1, -0.05) is 30.3 Å². The fourth-order valence-electron chi connectivity index (χ4n) is 2.57. The van der Waals surface area contributed by atoms with E-state index < -0.39 is 0 Å². The lowest BCUT2D eigenvalue weighted by atomic mass is 10.1. The third-order valence-corrected chi connectivity index (χ3v) is 3.50. The second kappa shape index (κ2) is 5.29. The summed E-state index contributed by atoms with van der Waals surface area (Å²) in [5.41, 5.74) is 4.01. The first-order valence-electron chi connectivity index (χ1n) is 6.80. The van der Waals surface area contributed by atoms with Gasteiger partial charge in [-0.25, -0.2) is 4.98 Å². The number of aldehydes is 1. The molecule has 0 aliphatic rings. The summed E-state index contributed by atoms with van der Waals surface area (Å²) in [6.45, 7) is 3.02. The van der Waals surface area contributed by atoms with Gasteiger partial charge in [-0.2, -0.15) is 0 Å². The monoisotopic (exact) mass is 264 g/mol. The molecular formula is C17H16N2O. The van der Waals surface area contributed by atoms with Gasteiger partial charge in [0.15, 0.2) is 0 Å². The molecule has 0 atom stereocenters. The fraction of sp³-hybridized carbons (Fsp3) is 0.176. The van der Waals surface area contributed by atoms with Gasteiger partial charge in [0.2, 0.25) is 0 Å². The van der Waals surface area contributed by atoms with Crippen molar-refractivity contribution in [2.45, 2.75) is 19.9 Å². The first kappa shape index (κ1) is 12.6. The maximum absolute atomic E-state index is 10.9. The summed E-state index contributed by atoms with van der Waals surface area (Å²) in [7, 11) is 0. The second-order valence-electron chi connectivity index (χ2n) is 4.80. The van der Waals surface area contributed by atoms with Crippen LogP contribution < -0.4 is 0 Å². The van der Waals surface area contributed by atoms with E-state index in [-0.39, 0.29) is 0 Å². The predicted octanol–water partition coefficient (Wildman–Crippen LogP) is 3.46. The van der Waals surface area contributed by atoms with E-state index in [1.807, 2.05) is 42.5 Å². The Morgan fingerprint density at radius 3 is 2.80 bits per heavy atom. The van der Waals surface area contributed by atoms with Crippen molar-refractivity contribution in [1.82, 2.24) is 9.55 Å². The molecule has 0 saturated carbocycles. The van der Waals surface area contributed by atoms with Crippen molar-refractivity contribution in [1.29, 1.82) is 0 Å². The van der Waals surface area contributed by atoms with Crippen molar-refractivity contribution in [3.8, 4) is 0 Å². The SMILES string of the molecule is CCn1c(Cc2cccc(C=O)c2)nc2ccccc21. The topological polar surface area (TPSA) is 34.9 Å². The van der Waals surface area contributed by atoms with Gasteiger partial charge in [-0.15, -0.1) is 0 Å². The summed E-state index contributed by atoms with van der Waals surface area (Å²) in [6.07, 6.45) is 1.62. The Labute approximate surface area is 117 Å². The second-order valence-corrected chi connectivity index (χ2v) is 4.80. The van der Waals surface area contributed by atoms with Crippen LogP contribution in [-0.4, -0.2) is 15.8 Å². The normalized spacial score (nSPS) is 10.8. The van der Waals surface area contributed by atoms with Crippen molar-refractivity contribution in [3.05, 3.63) is 65.5 Å². The molecule has 1 heterocycles. The Morgan fingerprint density at radius 2 is 2.00 bits per heavy atom. The molecule has 3 aromatic rings. The van der Waals surface area contributed by atoms with Crippen LogP contribution in [0.5, 0.6) is 0 Å². The van der Waals surface area contributed by atoms with E-state index in [1.165, 1.54) is 0 Å². The summed E-state index contributed by atoms with van der Waals surface area (Å²) in [6, 6.07) is 15.9. The Balaban J connectivity index is 2.03. The zero-order valence-electron chi connectivity index (χ0n) is 11.4. The van der Waals surface area contributed by atoms with Gasteiger partial charge < -0.3 is 4.57 Å². The molecular weight excluding hydrogens is 248 g/mol. The van der Waals surface area contributed by atoms with E-state index in [9.17, 15) is 4.79 Å². The van der Waals surface area contributed by atoms with E-state index in [4.69, 9.17) is 4.98 Å². The number of hydrogen-bond donors (Lipinski definition) is 0. The number of fused-ring (bicyclic) bond motifs is 1. The first-order chi connectivity index (χ1) is 9.81. The Bertz CT molecular complexity index is 759. The zero-order chi connectivity index (χ0) is 13.9. The number of imidazole rings is 1. The third kappa shape index (κ3) is 2.23. The Hall–Kier alpha value is -2.42. The molecule has 3 nitrogen and oxygen atoms in total. The highest BCUT2D eigenvalue weighted by atomic mass is 16.1. The molecule has 0 N–H and O–H groups in total. The highest BCUT2D eigenvalue weighted by Crippen LogP contribution is 2.18. The van der Waals surface area contributed by atoms with E-state index in [2.05, 4.69) is 17.6 Å². The summed E-state index contributed by atoms with van der Waals surface area (Å²) in [5.74, 6) is 1.04. The number of hydrogen-bond acceptors (Lipinski definition) is 2. The Kier molecular flexibility index (Phi) is 3.33. The predicted molar refractivity (Wildman–Crippen MR) is 80.0 cm³/mol. The number of carbonyl (C=O) groups is 1. The minimum Gasteiger partial charge on any atom is -0.328 e. The fourth-order valence-corrected chi connectivity index (χ4v) is 2.57. The molecule has 2 aromatic carbocycles. The van der Waals surface area contributed by atoms with E-state index in [1.54, 1.807) is 0 Å². The third-order valence-electron chi connectivity index (χ3n) is 3.50. The van der Waals surface area contributed by atoms with E-state index in [0.717, 1.165) is 41.7 Å². The van der Waals surface area contributed by atoms with Crippen LogP contribution in [0.15, 0.2) is 48.5 Å². The summed E-state index contributed by atoms with van der Waals surface area (Å²) >= 11 is 0. The van der Waals surface area contributed by atoms with Crippen LogP contribution in [0.2, 0.25) is 0 Å². The summed E-state index contributed by atoms with van der Waals surface area (Å²) in [4.78, 5) is 15.6. The zero-order valence-corrected chi connectivity index (χ0v) is 11.4. The van der Waals surface area contributed by atoms with Crippen LogP contribution in [0.4, 0.5) is 0 Å². The maximum Gasteiger partial charge on any atom is 0.150 e. The highest BCUT2D eigenvalue weighted by Gasteiger charge is 2.09. The van der Waals surface area contributed by atoms with Crippen LogP contribution in [0, 0.1) is 0 Å². The van der Waals surface area contributed by atoms with Crippen LogP contribution in [-0.2, 0) is 13.0 Å². The average Bonchev–Trinajstić information content (AvgIpc) is 2.84. The molecule has 0 radical (unpaired) electrons. The van der Waals surface area contributed by atoms with Crippen LogP contribution in [0.1, 0.15) is 28.7 Å². The van der Waals surface area contributed by atoms with Crippen molar-refractivity contribution in [2.24, 2.45) is 0 Å². The van der Waals surface area contributed by atoms with Gasteiger partial charge in [0.25, 0.3) is 0 Å². The molecule has 0 spiro atoms. The largest absolute Gasteiger partial charge is 0.328 e. The van der Waals surface area contributed by atoms with Gasteiger partial charge in [-0.3, -0.25) is 4.79 Å². The average molecular weight is 264 g/mol. The highest BCUT2D eigenvalue weighted by molar-refractivity contribution is 5.76. The molecule has 0 bridgehead atoms. The van der Waals surface area contributed by atoms with Crippen LogP contribution >= 0.6 is 0 Å². The molecule has 20 heavy (non-hydrogen) atoms. The summed E-state index contributed by atoms with van der Waals surface area (Å²) in [5, 5.41) is 0. The Morgan fingerprint density at radius 1 is 1.15 bits per heavy atom. The van der Waals surface area contributed by atoms with E-state index >= 15 is 0 Å². The lowest BCUT2D eigenvalue weighted by Gasteiger charge is -2.06. The standard InChI is InChI=1S/C17H16N2O/c1-2-19-16-9-4-3-8-15(16)18-17(19)11-13-6-5-7-14(10-13)12-20/h3-10,12H,2,11H2,1H3. The molecule has 3 rings (SSSR count). The van der Waals surface area contributed by atoms with Crippen LogP contribution in [0.3, 0.4) is 0 Å². The van der Waals surface area contributed by atoms with Crippen molar-refractivity contribution < 1.29 is 4.79 Å². The number of carbonyl (C=O) groups excluding carboxylic acids is 1. The molecule has 1 aromatic heterocycles. The minimum atomic E-state index is 0.710. The molecule has 0 amide bonds. The van der Waals surface area contributed by atoms with Gasteiger partial charge in [0.05, 0.1) is 11.0 Å². The number of aryl methyl sites for hydroxylation is 1. The molecule has 0 aliphatic heterocycles. The van der Waals surface area contributed by atoms with Crippen molar-refractivity contribution in [2.75, 3.05) is 0 Å². The van der Waals surface area contributed by atoms with Crippen LogP contribution in [0.25, 0.3) is 11.0 Å². The lowest BCUT2D eigenvalue weighted by Crippen LogP contribution is -2.02. The molecule has 3 heteroatoms. The quantitative estimate of drug-likeness (QED) is 0.676. The molecule has 0 saturated heterocycles. The minimum absolute atomic E-state index is 0.710. The van der Waals surface area contributed by atoms with Gasteiger partial charge in [-0.05, 0) is 30.7 Å². The van der Waals surface area contributed by atoms with Crippen molar-refractivity contribution >= 4 is 17.3 Å². The smallest absolute Gasteiger partial charge is 0.150 e. The molecule has 0 unspecified atom stereocenters. The van der Waals surface area contributed by atoms with Gasteiger partial charge in [0, 0.05) is 18.5 Å². The number of nitrogens with zero attached hydrogens (tertiary/aromatic N) is 2. The lowest BCUT2D eigenvalue weighted by molar-refractivity contribution is 0.112. The maximum atomic E-state index is 10.9. The summed E-state index contributed by atoms with van der Waals surface area (Å²) < 4.78 is 2.23.